The Morgan fingerprint density at radius 3 is 2.65 bits per heavy atom. The maximum Gasteiger partial charge on any atom is 0.227 e. The van der Waals surface area contributed by atoms with E-state index >= 15 is 0 Å². The zero-order valence-electron chi connectivity index (χ0n) is 14.4. The molecule has 4 rings (SSSR count). The molecule has 4 heterocycles. The number of amides is 1. The summed E-state index contributed by atoms with van der Waals surface area (Å²) in [5.41, 5.74) is 1.93. The molecule has 3 aromatic heterocycles. The molecule has 1 aliphatic heterocycles. The van der Waals surface area contributed by atoms with E-state index in [4.69, 9.17) is 0 Å². The molecule has 7 nitrogen and oxygen atoms in total. The highest BCUT2D eigenvalue weighted by molar-refractivity contribution is 5.78. The van der Waals surface area contributed by atoms with E-state index in [0.717, 1.165) is 43.0 Å². The first kappa shape index (κ1) is 16.4. The Kier molecular flexibility index (Phi) is 4.68. The number of imidazole rings is 1. The predicted octanol–water partition coefficient (Wildman–Crippen LogP) is 2.01. The van der Waals surface area contributed by atoms with Crippen molar-refractivity contribution in [2.75, 3.05) is 13.1 Å². The number of carbonyl (C=O) groups is 1. The predicted molar refractivity (Wildman–Crippen MR) is 95.7 cm³/mol. The van der Waals surface area contributed by atoms with E-state index in [9.17, 15) is 4.79 Å². The van der Waals surface area contributed by atoms with Crippen molar-refractivity contribution in [3.8, 4) is 5.82 Å². The second-order valence-corrected chi connectivity index (χ2v) is 6.43. The minimum absolute atomic E-state index is 0.158. The first-order valence-electron chi connectivity index (χ1n) is 8.77. The van der Waals surface area contributed by atoms with Crippen LogP contribution in [-0.4, -0.2) is 48.4 Å². The maximum absolute atomic E-state index is 12.5. The fourth-order valence-corrected chi connectivity index (χ4v) is 3.40. The molecule has 0 aliphatic carbocycles. The molecule has 7 heteroatoms. The van der Waals surface area contributed by atoms with Crippen LogP contribution in [0.5, 0.6) is 0 Å². The third kappa shape index (κ3) is 3.46. The van der Waals surface area contributed by atoms with Gasteiger partial charge in [0.15, 0.2) is 5.82 Å². The minimum Gasteiger partial charge on any atom is -0.342 e. The zero-order chi connectivity index (χ0) is 17.8. The van der Waals surface area contributed by atoms with E-state index in [1.165, 1.54) is 0 Å². The van der Waals surface area contributed by atoms with Crippen molar-refractivity contribution < 1.29 is 4.79 Å². The Balaban J connectivity index is 1.42. The van der Waals surface area contributed by atoms with Crippen LogP contribution in [0.25, 0.3) is 5.82 Å². The van der Waals surface area contributed by atoms with E-state index in [1.54, 1.807) is 37.3 Å². The highest BCUT2D eigenvalue weighted by atomic mass is 16.2. The molecule has 26 heavy (non-hydrogen) atoms. The molecule has 0 saturated carbocycles. The lowest BCUT2D eigenvalue weighted by Crippen LogP contribution is -2.39. The van der Waals surface area contributed by atoms with Crippen LogP contribution < -0.4 is 0 Å². The minimum atomic E-state index is 0.158. The molecule has 0 bridgehead atoms. The summed E-state index contributed by atoms with van der Waals surface area (Å²) in [4.78, 5) is 31.7. The van der Waals surface area contributed by atoms with Crippen molar-refractivity contribution in [2.45, 2.75) is 25.2 Å². The Morgan fingerprint density at radius 2 is 1.92 bits per heavy atom. The average molecular weight is 348 g/mol. The molecule has 0 spiro atoms. The summed E-state index contributed by atoms with van der Waals surface area (Å²) < 4.78 is 1.89. The van der Waals surface area contributed by atoms with Gasteiger partial charge in [0.05, 0.1) is 12.1 Å². The van der Waals surface area contributed by atoms with Gasteiger partial charge in [0.1, 0.15) is 6.33 Å². The lowest BCUT2D eigenvalue weighted by Gasteiger charge is -2.32. The smallest absolute Gasteiger partial charge is 0.227 e. The first-order valence-corrected chi connectivity index (χ1v) is 8.77. The molecule has 1 aliphatic rings. The van der Waals surface area contributed by atoms with Gasteiger partial charge in [-0.1, -0.05) is 6.07 Å². The van der Waals surface area contributed by atoms with Crippen molar-refractivity contribution >= 4 is 5.91 Å². The molecule has 132 valence electrons. The molecular formula is C19H20N6O. The average Bonchev–Trinajstić information content (AvgIpc) is 3.24. The van der Waals surface area contributed by atoms with Crippen molar-refractivity contribution in [2.24, 2.45) is 0 Å². The van der Waals surface area contributed by atoms with Gasteiger partial charge in [-0.3, -0.25) is 19.3 Å². The molecule has 0 aromatic carbocycles. The number of likely N-dealkylation sites (tertiary alicyclic amines) is 1. The standard InChI is InChI=1S/C19H20N6O/c26-17(12-15-2-1-5-20-13-15)24-9-3-16(4-10-24)18-19(23-7-6-22-18)25-11-8-21-14-25/h1-2,5-8,11,13-14,16H,3-4,9-10,12H2. The number of rotatable bonds is 4. The van der Waals surface area contributed by atoms with E-state index in [1.807, 2.05) is 27.8 Å². The fraction of sp³-hybridized carbons (Fsp3) is 0.316. The van der Waals surface area contributed by atoms with Crippen LogP contribution >= 0.6 is 0 Å². The second-order valence-electron chi connectivity index (χ2n) is 6.43. The number of aromatic nitrogens is 5. The van der Waals surface area contributed by atoms with Crippen molar-refractivity contribution in [1.29, 1.82) is 0 Å². The zero-order valence-corrected chi connectivity index (χ0v) is 14.4. The monoisotopic (exact) mass is 348 g/mol. The third-order valence-electron chi connectivity index (χ3n) is 4.77. The van der Waals surface area contributed by atoms with Crippen LogP contribution in [0, 0.1) is 0 Å². The molecular weight excluding hydrogens is 328 g/mol. The van der Waals surface area contributed by atoms with Crippen molar-refractivity contribution in [3.63, 3.8) is 0 Å². The van der Waals surface area contributed by atoms with Gasteiger partial charge in [-0.05, 0) is 24.5 Å². The molecule has 1 amide bonds. The Morgan fingerprint density at radius 1 is 1.08 bits per heavy atom. The van der Waals surface area contributed by atoms with Crippen molar-refractivity contribution in [3.05, 3.63) is 66.9 Å². The van der Waals surface area contributed by atoms with Gasteiger partial charge in [0.2, 0.25) is 5.91 Å². The summed E-state index contributed by atoms with van der Waals surface area (Å²) in [6.07, 6.45) is 14.4. The van der Waals surface area contributed by atoms with Crippen molar-refractivity contribution in [1.82, 2.24) is 29.4 Å². The Labute approximate surface area is 151 Å². The van der Waals surface area contributed by atoms with E-state index in [-0.39, 0.29) is 5.91 Å². The SMILES string of the molecule is O=C(Cc1cccnc1)N1CCC(c2nccnc2-n2ccnc2)CC1. The highest BCUT2D eigenvalue weighted by Gasteiger charge is 2.27. The van der Waals surface area contributed by atoms with Gasteiger partial charge in [-0.25, -0.2) is 9.97 Å². The van der Waals surface area contributed by atoms with Crippen LogP contribution in [0.15, 0.2) is 55.6 Å². The van der Waals surface area contributed by atoms with Gasteiger partial charge in [0.25, 0.3) is 0 Å². The summed E-state index contributed by atoms with van der Waals surface area (Å²) in [6.45, 7) is 1.48. The van der Waals surface area contributed by atoms with E-state index < -0.39 is 0 Å². The lowest BCUT2D eigenvalue weighted by atomic mass is 9.92. The molecule has 0 unspecified atom stereocenters. The van der Waals surface area contributed by atoms with Gasteiger partial charge in [0, 0.05) is 56.2 Å². The van der Waals surface area contributed by atoms with Gasteiger partial charge < -0.3 is 4.90 Å². The van der Waals surface area contributed by atoms with Crippen LogP contribution in [0.4, 0.5) is 0 Å². The third-order valence-corrected chi connectivity index (χ3v) is 4.77. The molecule has 0 radical (unpaired) electrons. The number of piperidine rings is 1. The summed E-state index contributed by atoms with van der Waals surface area (Å²) in [7, 11) is 0. The van der Waals surface area contributed by atoms with Gasteiger partial charge in [-0.15, -0.1) is 0 Å². The maximum atomic E-state index is 12.5. The number of carbonyl (C=O) groups excluding carboxylic acids is 1. The molecule has 1 fully saturated rings. The van der Waals surface area contributed by atoms with E-state index in [2.05, 4.69) is 19.9 Å². The largest absolute Gasteiger partial charge is 0.342 e. The quantitative estimate of drug-likeness (QED) is 0.721. The molecule has 1 saturated heterocycles. The summed E-state index contributed by atoms with van der Waals surface area (Å²) in [5.74, 6) is 1.28. The number of hydrogen-bond acceptors (Lipinski definition) is 5. The van der Waals surface area contributed by atoms with Crippen LogP contribution in [-0.2, 0) is 11.2 Å². The molecule has 3 aromatic rings. The van der Waals surface area contributed by atoms with E-state index in [0.29, 0.717) is 12.3 Å². The summed E-state index contributed by atoms with van der Waals surface area (Å²) >= 11 is 0. The lowest BCUT2D eigenvalue weighted by molar-refractivity contribution is -0.131. The van der Waals surface area contributed by atoms with Crippen LogP contribution in [0.2, 0.25) is 0 Å². The summed E-state index contributed by atoms with van der Waals surface area (Å²) in [6, 6.07) is 3.80. The van der Waals surface area contributed by atoms with Crippen LogP contribution in [0.1, 0.15) is 30.0 Å². The summed E-state index contributed by atoms with van der Waals surface area (Å²) in [5, 5.41) is 0. The Bertz CT molecular complexity index is 857. The Hall–Kier alpha value is -3.09. The van der Waals surface area contributed by atoms with Crippen LogP contribution in [0.3, 0.4) is 0 Å². The normalized spacial score (nSPS) is 15.2. The topological polar surface area (TPSA) is 76.8 Å². The number of nitrogens with zero attached hydrogens (tertiary/aromatic N) is 6. The fourth-order valence-electron chi connectivity index (χ4n) is 3.40. The number of hydrogen-bond donors (Lipinski definition) is 0. The first-order chi connectivity index (χ1) is 12.8. The van der Waals surface area contributed by atoms with Gasteiger partial charge >= 0.3 is 0 Å². The molecule has 0 atom stereocenters. The van der Waals surface area contributed by atoms with Gasteiger partial charge in [-0.2, -0.15) is 0 Å². The second kappa shape index (κ2) is 7.43. The number of pyridine rings is 1. The molecule has 0 N–H and O–H groups in total. The highest BCUT2D eigenvalue weighted by Crippen LogP contribution is 2.29.